The summed E-state index contributed by atoms with van der Waals surface area (Å²) in [5.74, 6) is 0.760. The van der Waals surface area contributed by atoms with Crippen LogP contribution < -0.4 is 0 Å². The van der Waals surface area contributed by atoms with Crippen molar-refractivity contribution in [2.45, 2.75) is 59.4 Å². The average Bonchev–Trinajstić information content (AvgIpc) is 3.16. The van der Waals surface area contributed by atoms with Crippen LogP contribution in [0.1, 0.15) is 70.9 Å². The van der Waals surface area contributed by atoms with Gasteiger partial charge in [-0.15, -0.1) is 0 Å². The molecule has 0 radical (unpaired) electrons. The molecule has 2 nitrogen and oxygen atoms in total. The number of hydrogen-bond donors (Lipinski definition) is 0. The van der Waals surface area contributed by atoms with Crippen molar-refractivity contribution in [3.05, 3.63) is 69.9 Å². The van der Waals surface area contributed by atoms with Gasteiger partial charge in [0.2, 0.25) is 0 Å². The molecule has 1 heterocycles. The van der Waals surface area contributed by atoms with Crippen LogP contribution in [-0.2, 0) is 13.0 Å². The van der Waals surface area contributed by atoms with Crippen LogP contribution in [0.25, 0.3) is 10.9 Å². The van der Waals surface area contributed by atoms with Crippen molar-refractivity contribution in [3.63, 3.8) is 0 Å². The van der Waals surface area contributed by atoms with E-state index in [4.69, 9.17) is 0 Å². The number of aryl methyl sites for hydroxylation is 3. The Labute approximate surface area is 155 Å². The van der Waals surface area contributed by atoms with Crippen LogP contribution in [0, 0.1) is 13.8 Å². The lowest BCUT2D eigenvalue weighted by atomic mass is 10.0. The maximum Gasteiger partial charge on any atom is 0.161 e. The third-order valence-corrected chi connectivity index (χ3v) is 5.91. The van der Waals surface area contributed by atoms with Crippen molar-refractivity contribution in [1.29, 1.82) is 0 Å². The molecule has 3 aromatic rings. The summed E-state index contributed by atoms with van der Waals surface area (Å²) < 4.78 is 2.45. The SMILES string of the molecule is CCC1CCc2c1n(Cc1ccc(C)cc1)c1c(C(C)=O)cc(C)cc21. The number of hydrogen-bond acceptors (Lipinski definition) is 1. The Balaban J connectivity index is 1.99. The minimum Gasteiger partial charge on any atom is -0.339 e. The maximum atomic E-state index is 12.4. The molecule has 1 aromatic heterocycles. The predicted octanol–water partition coefficient (Wildman–Crippen LogP) is 5.95. The second-order valence-corrected chi connectivity index (χ2v) is 7.84. The summed E-state index contributed by atoms with van der Waals surface area (Å²) in [6.45, 7) is 9.04. The van der Waals surface area contributed by atoms with Crippen LogP contribution in [-0.4, -0.2) is 10.4 Å². The number of carbonyl (C=O) groups is 1. The average molecular weight is 345 g/mol. The first-order chi connectivity index (χ1) is 12.5. The standard InChI is InChI=1S/C24H27NO/c1-5-19-10-11-20-22-13-16(3)12-21(17(4)26)24(22)25(23(19)20)14-18-8-6-15(2)7-9-18/h6-9,12-13,19H,5,10-11,14H2,1-4H3. The second kappa shape index (κ2) is 6.42. The normalized spacial score (nSPS) is 16.2. The van der Waals surface area contributed by atoms with Crippen LogP contribution in [0.4, 0.5) is 0 Å². The van der Waals surface area contributed by atoms with Gasteiger partial charge < -0.3 is 4.57 Å². The first-order valence-corrected chi connectivity index (χ1v) is 9.71. The summed E-state index contributed by atoms with van der Waals surface area (Å²) in [6.07, 6.45) is 3.52. The zero-order chi connectivity index (χ0) is 18.4. The van der Waals surface area contributed by atoms with Crippen molar-refractivity contribution in [2.75, 3.05) is 0 Å². The van der Waals surface area contributed by atoms with Gasteiger partial charge in [-0.25, -0.2) is 0 Å². The lowest BCUT2D eigenvalue weighted by Gasteiger charge is -2.17. The Morgan fingerprint density at radius 1 is 1.12 bits per heavy atom. The number of ketones is 1. The van der Waals surface area contributed by atoms with Crippen molar-refractivity contribution in [2.24, 2.45) is 0 Å². The molecule has 4 rings (SSSR count). The molecule has 1 unspecified atom stereocenters. The van der Waals surface area contributed by atoms with Gasteiger partial charge >= 0.3 is 0 Å². The molecule has 0 N–H and O–H groups in total. The quantitative estimate of drug-likeness (QED) is 0.536. The van der Waals surface area contributed by atoms with E-state index in [0.29, 0.717) is 5.92 Å². The fourth-order valence-electron chi connectivity index (χ4n) is 4.61. The lowest BCUT2D eigenvalue weighted by molar-refractivity contribution is 0.101. The fourth-order valence-corrected chi connectivity index (χ4v) is 4.61. The van der Waals surface area contributed by atoms with Crippen molar-refractivity contribution >= 4 is 16.7 Å². The summed E-state index contributed by atoms with van der Waals surface area (Å²) in [5.41, 5.74) is 8.72. The zero-order valence-electron chi connectivity index (χ0n) is 16.2. The van der Waals surface area contributed by atoms with Crippen molar-refractivity contribution in [3.8, 4) is 0 Å². The van der Waals surface area contributed by atoms with E-state index in [0.717, 1.165) is 30.5 Å². The largest absolute Gasteiger partial charge is 0.339 e. The summed E-state index contributed by atoms with van der Waals surface area (Å²) >= 11 is 0. The van der Waals surface area contributed by atoms with E-state index in [1.807, 2.05) is 0 Å². The molecule has 2 aromatic carbocycles. The smallest absolute Gasteiger partial charge is 0.161 e. The van der Waals surface area contributed by atoms with E-state index in [1.54, 1.807) is 6.92 Å². The maximum absolute atomic E-state index is 12.4. The van der Waals surface area contributed by atoms with E-state index in [-0.39, 0.29) is 5.78 Å². The summed E-state index contributed by atoms with van der Waals surface area (Å²) in [4.78, 5) is 12.4. The highest BCUT2D eigenvalue weighted by atomic mass is 16.1. The van der Waals surface area contributed by atoms with Gasteiger partial charge in [0.1, 0.15) is 0 Å². The first kappa shape index (κ1) is 17.1. The Hall–Kier alpha value is -2.35. The molecule has 134 valence electrons. The minimum atomic E-state index is 0.160. The van der Waals surface area contributed by atoms with Crippen molar-refractivity contribution in [1.82, 2.24) is 4.57 Å². The van der Waals surface area contributed by atoms with Crippen molar-refractivity contribution < 1.29 is 4.79 Å². The van der Waals surface area contributed by atoms with Gasteiger partial charge in [0.25, 0.3) is 0 Å². The number of Topliss-reactive ketones (excluding diaryl/α,β-unsaturated/α-hetero) is 1. The molecule has 0 amide bonds. The van der Waals surface area contributed by atoms with E-state index < -0.39 is 0 Å². The highest BCUT2D eigenvalue weighted by Crippen LogP contribution is 2.43. The molecule has 2 heteroatoms. The molecule has 1 aliphatic carbocycles. The number of aromatic nitrogens is 1. The van der Waals surface area contributed by atoms with Gasteiger partial charge in [-0.05, 0) is 74.8 Å². The molecule has 1 atom stereocenters. The number of fused-ring (bicyclic) bond motifs is 3. The second-order valence-electron chi connectivity index (χ2n) is 7.84. The molecular weight excluding hydrogens is 318 g/mol. The van der Waals surface area contributed by atoms with E-state index in [2.05, 4.69) is 61.7 Å². The Bertz CT molecular complexity index is 991. The minimum absolute atomic E-state index is 0.160. The first-order valence-electron chi connectivity index (χ1n) is 9.71. The van der Waals surface area contributed by atoms with Crippen LogP contribution in [0.5, 0.6) is 0 Å². The third-order valence-electron chi connectivity index (χ3n) is 5.91. The van der Waals surface area contributed by atoms with Gasteiger partial charge in [0, 0.05) is 23.2 Å². The van der Waals surface area contributed by atoms with Crippen LogP contribution in [0.15, 0.2) is 36.4 Å². The molecule has 1 aliphatic rings. The van der Waals surface area contributed by atoms with Crippen LogP contribution in [0.2, 0.25) is 0 Å². The van der Waals surface area contributed by atoms with Gasteiger partial charge in [-0.1, -0.05) is 36.8 Å². The summed E-state index contributed by atoms with van der Waals surface area (Å²) in [7, 11) is 0. The predicted molar refractivity (Wildman–Crippen MR) is 108 cm³/mol. The Kier molecular flexibility index (Phi) is 4.22. The highest BCUT2D eigenvalue weighted by molar-refractivity contribution is 6.07. The number of rotatable bonds is 4. The molecule has 0 fully saturated rings. The zero-order valence-corrected chi connectivity index (χ0v) is 16.2. The number of carbonyl (C=O) groups excluding carboxylic acids is 1. The molecule has 26 heavy (non-hydrogen) atoms. The van der Waals surface area contributed by atoms with E-state index >= 15 is 0 Å². The fraction of sp³-hybridized carbons (Fsp3) is 0.375. The monoisotopic (exact) mass is 345 g/mol. The van der Waals surface area contributed by atoms with E-state index in [9.17, 15) is 4.79 Å². The van der Waals surface area contributed by atoms with Gasteiger partial charge in [-0.3, -0.25) is 4.79 Å². The number of nitrogens with zero attached hydrogens (tertiary/aromatic N) is 1. The molecular formula is C24H27NO. The van der Waals surface area contributed by atoms with Crippen LogP contribution >= 0.6 is 0 Å². The lowest BCUT2D eigenvalue weighted by Crippen LogP contribution is -2.09. The Morgan fingerprint density at radius 3 is 2.50 bits per heavy atom. The molecule has 0 spiro atoms. The summed E-state index contributed by atoms with van der Waals surface area (Å²) in [5, 5.41) is 1.30. The summed E-state index contributed by atoms with van der Waals surface area (Å²) in [6, 6.07) is 13.1. The third kappa shape index (κ3) is 2.68. The highest BCUT2D eigenvalue weighted by Gasteiger charge is 2.30. The molecule has 0 saturated carbocycles. The molecule has 0 aliphatic heterocycles. The van der Waals surface area contributed by atoms with Gasteiger partial charge in [0.15, 0.2) is 5.78 Å². The van der Waals surface area contributed by atoms with Gasteiger partial charge in [-0.2, -0.15) is 0 Å². The number of benzene rings is 2. The van der Waals surface area contributed by atoms with E-state index in [1.165, 1.54) is 39.8 Å². The Morgan fingerprint density at radius 2 is 1.85 bits per heavy atom. The topological polar surface area (TPSA) is 22.0 Å². The molecule has 0 bridgehead atoms. The molecule has 0 saturated heterocycles. The van der Waals surface area contributed by atoms with Gasteiger partial charge in [0.05, 0.1) is 5.52 Å². The van der Waals surface area contributed by atoms with Crippen LogP contribution in [0.3, 0.4) is 0 Å².